The summed E-state index contributed by atoms with van der Waals surface area (Å²) < 4.78 is 15.0. The average molecular weight is 289 g/mol. The number of aryl methyl sites for hydroxylation is 1. The number of likely N-dealkylation sites (tertiary alicyclic amines) is 1. The van der Waals surface area contributed by atoms with E-state index in [2.05, 4.69) is 15.2 Å². The van der Waals surface area contributed by atoms with E-state index in [1.807, 2.05) is 11.6 Å². The van der Waals surface area contributed by atoms with Crippen molar-refractivity contribution in [2.45, 2.75) is 18.8 Å². The number of hydrogen-bond acceptors (Lipinski definition) is 4. The van der Waals surface area contributed by atoms with Crippen molar-refractivity contribution in [1.29, 1.82) is 0 Å². The number of piperidine rings is 1. The third kappa shape index (κ3) is 2.76. The molecule has 1 saturated heterocycles. The summed E-state index contributed by atoms with van der Waals surface area (Å²) in [5.41, 5.74) is 0.334. The highest BCUT2D eigenvalue weighted by Crippen LogP contribution is 2.26. The predicted octanol–water partition coefficient (Wildman–Crippen LogP) is 1.37. The van der Waals surface area contributed by atoms with Crippen molar-refractivity contribution < 1.29 is 9.18 Å². The molecule has 0 aliphatic carbocycles. The van der Waals surface area contributed by atoms with E-state index < -0.39 is 5.95 Å². The van der Waals surface area contributed by atoms with Crippen molar-refractivity contribution in [1.82, 2.24) is 24.6 Å². The highest BCUT2D eigenvalue weighted by molar-refractivity contribution is 5.94. The molecular formula is C14H16FN5O. The van der Waals surface area contributed by atoms with Crippen LogP contribution in [0.3, 0.4) is 0 Å². The fourth-order valence-electron chi connectivity index (χ4n) is 2.75. The van der Waals surface area contributed by atoms with Gasteiger partial charge in [0.1, 0.15) is 12.2 Å². The van der Waals surface area contributed by atoms with E-state index in [4.69, 9.17) is 0 Å². The van der Waals surface area contributed by atoms with Crippen molar-refractivity contribution in [2.24, 2.45) is 7.05 Å². The Labute approximate surface area is 121 Å². The molecule has 3 heterocycles. The van der Waals surface area contributed by atoms with Gasteiger partial charge < -0.3 is 9.47 Å². The van der Waals surface area contributed by atoms with Gasteiger partial charge >= 0.3 is 0 Å². The highest BCUT2D eigenvalue weighted by atomic mass is 19.1. The van der Waals surface area contributed by atoms with Crippen LogP contribution >= 0.6 is 0 Å². The molecule has 3 rings (SSSR count). The van der Waals surface area contributed by atoms with Gasteiger partial charge in [0, 0.05) is 43.9 Å². The summed E-state index contributed by atoms with van der Waals surface area (Å²) in [6.45, 7) is 1.26. The maximum absolute atomic E-state index is 13.1. The summed E-state index contributed by atoms with van der Waals surface area (Å²) in [6.07, 6.45) is 4.85. The van der Waals surface area contributed by atoms with E-state index in [0.29, 0.717) is 18.7 Å². The molecule has 0 radical (unpaired) electrons. The number of hydrogen-bond donors (Lipinski definition) is 0. The fraction of sp³-hybridized carbons (Fsp3) is 0.429. The first kappa shape index (κ1) is 13.7. The second-order valence-electron chi connectivity index (χ2n) is 5.26. The Morgan fingerprint density at radius 1 is 1.48 bits per heavy atom. The van der Waals surface area contributed by atoms with E-state index in [9.17, 15) is 9.18 Å². The molecule has 2 aromatic heterocycles. The van der Waals surface area contributed by atoms with E-state index in [1.54, 1.807) is 11.2 Å². The van der Waals surface area contributed by atoms with Gasteiger partial charge in [-0.2, -0.15) is 4.39 Å². The van der Waals surface area contributed by atoms with Gasteiger partial charge in [0.2, 0.25) is 5.95 Å². The van der Waals surface area contributed by atoms with Crippen LogP contribution in [0.2, 0.25) is 0 Å². The van der Waals surface area contributed by atoms with Gasteiger partial charge in [-0.3, -0.25) is 4.79 Å². The summed E-state index contributed by atoms with van der Waals surface area (Å²) in [4.78, 5) is 17.7. The molecule has 2 aromatic rings. The Morgan fingerprint density at radius 3 is 3.05 bits per heavy atom. The summed E-state index contributed by atoms with van der Waals surface area (Å²) in [6, 6.07) is 2.71. The van der Waals surface area contributed by atoms with E-state index in [-0.39, 0.29) is 11.8 Å². The largest absolute Gasteiger partial charge is 0.338 e. The predicted molar refractivity (Wildman–Crippen MR) is 73.1 cm³/mol. The quantitative estimate of drug-likeness (QED) is 0.783. The number of rotatable bonds is 2. The zero-order valence-corrected chi connectivity index (χ0v) is 11.7. The second-order valence-corrected chi connectivity index (χ2v) is 5.26. The maximum atomic E-state index is 13.1. The number of carbonyl (C=O) groups excluding carboxylic acids is 1. The van der Waals surface area contributed by atoms with Crippen LogP contribution in [0.5, 0.6) is 0 Å². The van der Waals surface area contributed by atoms with Crippen LogP contribution in [-0.4, -0.2) is 43.6 Å². The Bertz CT molecular complexity index is 656. The van der Waals surface area contributed by atoms with Crippen LogP contribution in [0, 0.1) is 5.95 Å². The zero-order valence-electron chi connectivity index (χ0n) is 11.7. The molecule has 6 nitrogen and oxygen atoms in total. The summed E-state index contributed by atoms with van der Waals surface area (Å²) in [5.74, 6) is 0.251. The number of amides is 1. The molecule has 0 N–H and O–H groups in total. The molecular weight excluding hydrogens is 273 g/mol. The molecule has 1 unspecified atom stereocenters. The van der Waals surface area contributed by atoms with Crippen molar-refractivity contribution in [3.8, 4) is 0 Å². The fourth-order valence-corrected chi connectivity index (χ4v) is 2.75. The molecule has 1 aliphatic rings. The number of aromatic nitrogens is 4. The van der Waals surface area contributed by atoms with Gasteiger partial charge in [-0.25, -0.2) is 4.98 Å². The normalized spacial score (nSPS) is 18.8. The molecule has 0 bridgehead atoms. The van der Waals surface area contributed by atoms with Gasteiger partial charge in [-0.05, 0) is 18.9 Å². The Balaban J connectivity index is 1.77. The third-order valence-electron chi connectivity index (χ3n) is 3.79. The van der Waals surface area contributed by atoms with Crippen molar-refractivity contribution in [3.63, 3.8) is 0 Å². The molecule has 1 aliphatic heterocycles. The Hall–Kier alpha value is -2.31. The van der Waals surface area contributed by atoms with E-state index in [0.717, 1.165) is 18.7 Å². The van der Waals surface area contributed by atoms with Crippen molar-refractivity contribution in [2.75, 3.05) is 13.1 Å². The molecule has 110 valence electrons. The van der Waals surface area contributed by atoms with Crippen molar-refractivity contribution in [3.05, 3.63) is 42.0 Å². The molecule has 1 amide bonds. The maximum Gasteiger partial charge on any atom is 0.254 e. The lowest BCUT2D eigenvalue weighted by atomic mass is 9.96. The van der Waals surface area contributed by atoms with Crippen LogP contribution in [0.25, 0.3) is 0 Å². The number of carbonyl (C=O) groups is 1. The zero-order chi connectivity index (χ0) is 14.8. The first-order chi connectivity index (χ1) is 10.1. The minimum atomic E-state index is -0.636. The topological polar surface area (TPSA) is 63.9 Å². The Morgan fingerprint density at radius 2 is 2.33 bits per heavy atom. The Kier molecular flexibility index (Phi) is 3.64. The molecule has 0 spiro atoms. The SMILES string of the molecule is Cn1cnnc1C1CCCN(C(=O)c2ccnc(F)c2)C1. The number of pyridine rings is 1. The molecule has 1 atom stereocenters. The summed E-state index contributed by atoms with van der Waals surface area (Å²) in [7, 11) is 1.90. The van der Waals surface area contributed by atoms with Gasteiger partial charge in [0.05, 0.1) is 0 Å². The lowest BCUT2D eigenvalue weighted by Gasteiger charge is -2.32. The first-order valence-corrected chi connectivity index (χ1v) is 6.90. The highest BCUT2D eigenvalue weighted by Gasteiger charge is 2.28. The standard InChI is InChI=1S/C14H16FN5O/c1-19-9-17-18-13(19)11-3-2-6-20(8-11)14(21)10-4-5-16-12(15)7-10/h4-5,7,9,11H,2-3,6,8H2,1H3. The van der Waals surface area contributed by atoms with Crippen LogP contribution in [0.1, 0.15) is 34.9 Å². The van der Waals surface area contributed by atoms with Crippen LogP contribution in [-0.2, 0) is 7.05 Å². The monoisotopic (exact) mass is 289 g/mol. The van der Waals surface area contributed by atoms with Gasteiger partial charge in [0.25, 0.3) is 5.91 Å². The molecule has 0 aromatic carbocycles. The van der Waals surface area contributed by atoms with Crippen LogP contribution < -0.4 is 0 Å². The van der Waals surface area contributed by atoms with Crippen LogP contribution in [0.4, 0.5) is 4.39 Å². The number of halogens is 1. The molecule has 7 heteroatoms. The molecule has 0 saturated carbocycles. The van der Waals surface area contributed by atoms with Gasteiger partial charge in [0.15, 0.2) is 0 Å². The smallest absolute Gasteiger partial charge is 0.254 e. The van der Waals surface area contributed by atoms with E-state index >= 15 is 0 Å². The first-order valence-electron chi connectivity index (χ1n) is 6.90. The molecule has 21 heavy (non-hydrogen) atoms. The lowest BCUT2D eigenvalue weighted by Crippen LogP contribution is -2.39. The molecule has 1 fully saturated rings. The van der Waals surface area contributed by atoms with Crippen LogP contribution in [0.15, 0.2) is 24.7 Å². The minimum Gasteiger partial charge on any atom is -0.338 e. The van der Waals surface area contributed by atoms with Gasteiger partial charge in [-0.15, -0.1) is 10.2 Å². The third-order valence-corrected chi connectivity index (χ3v) is 3.79. The van der Waals surface area contributed by atoms with Gasteiger partial charge in [-0.1, -0.05) is 0 Å². The minimum absolute atomic E-state index is 0.164. The second kappa shape index (κ2) is 5.59. The summed E-state index contributed by atoms with van der Waals surface area (Å²) >= 11 is 0. The summed E-state index contributed by atoms with van der Waals surface area (Å²) in [5, 5.41) is 8.01. The van der Waals surface area contributed by atoms with E-state index in [1.165, 1.54) is 18.3 Å². The van der Waals surface area contributed by atoms with Crippen molar-refractivity contribution >= 4 is 5.91 Å². The number of nitrogens with zero attached hydrogens (tertiary/aromatic N) is 5. The average Bonchev–Trinajstić information content (AvgIpc) is 2.93. The lowest BCUT2D eigenvalue weighted by molar-refractivity contribution is 0.0702.